The number of H-pyrrole nitrogens is 2. The molecule has 0 radical (unpaired) electrons. The number of esters is 1. The van der Waals surface area contributed by atoms with Crippen LogP contribution in [0.3, 0.4) is 0 Å². The first-order valence-electron chi connectivity index (χ1n) is 13.5. The number of aromatic nitrogens is 2. The van der Waals surface area contributed by atoms with E-state index in [9.17, 15) is 14.4 Å². The Hall–Kier alpha value is -5.08. The first-order chi connectivity index (χ1) is 20.4. The second-order valence-corrected chi connectivity index (χ2v) is 10.7. The van der Waals surface area contributed by atoms with Crippen molar-refractivity contribution in [3.63, 3.8) is 0 Å². The van der Waals surface area contributed by atoms with Gasteiger partial charge >= 0.3 is 5.97 Å². The highest BCUT2D eigenvalue weighted by atomic mass is 35.5. The number of benzene rings is 4. The molecule has 0 fully saturated rings. The zero-order valence-corrected chi connectivity index (χ0v) is 23.3. The number of alkyl halides is 1. The molecule has 3 heterocycles. The number of fused-ring (bicyclic) bond motifs is 5. The predicted octanol–water partition coefficient (Wildman–Crippen LogP) is 6.96. The van der Waals surface area contributed by atoms with Crippen LogP contribution >= 0.6 is 11.6 Å². The van der Waals surface area contributed by atoms with Gasteiger partial charge in [-0.3, -0.25) is 14.4 Å². The third-order valence-electron chi connectivity index (χ3n) is 7.70. The average molecular weight is 577 g/mol. The van der Waals surface area contributed by atoms with Gasteiger partial charge in [-0.25, -0.2) is 0 Å². The maximum absolute atomic E-state index is 13.9. The van der Waals surface area contributed by atoms with Gasteiger partial charge < -0.3 is 24.9 Å². The number of carbonyl (C=O) groups excluding carboxylic acids is 3. The summed E-state index contributed by atoms with van der Waals surface area (Å²) in [6, 6.07) is 26.2. The number of para-hydroxylation sites is 1. The number of amides is 2. The van der Waals surface area contributed by atoms with Crippen molar-refractivity contribution in [2.24, 2.45) is 0 Å². The van der Waals surface area contributed by atoms with Crippen LogP contribution in [0.25, 0.3) is 32.6 Å². The minimum absolute atomic E-state index is 0.0854. The molecule has 0 spiro atoms. The number of halogens is 1. The molecule has 1 aliphatic rings. The van der Waals surface area contributed by atoms with Crippen LogP contribution < -0.4 is 15.0 Å². The molecular weight excluding hydrogens is 552 g/mol. The molecule has 6 aromatic rings. The number of nitrogens with one attached hydrogen (secondary N) is 3. The van der Waals surface area contributed by atoms with Gasteiger partial charge in [0.15, 0.2) is 0 Å². The normalized spacial score (nSPS) is 14.4. The van der Waals surface area contributed by atoms with Gasteiger partial charge in [0.1, 0.15) is 17.1 Å². The van der Waals surface area contributed by atoms with E-state index in [4.69, 9.17) is 16.3 Å². The van der Waals surface area contributed by atoms with Crippen LogP contribution in [0.2, 0.25) is 0 Å². The van der Waals surface area contributed by atoms with E-state index in [0.717, 1.165) is 38.1 Å². The van der Waals surface area contributed by atoms with Crippen molar-refractivity contribution in [2.75, 3.05) is 22.6 Å². The van der Waals surface area contributed by atoms with E-state index in [1.54, 1.807) is 23.1 Å². The summed E-state index contributed by atoms with van der Waals surface area (Å²) in [6.45, 7) is 1.75. The van der Waals surface area contributed by atoms with E-state index in [2.05, 4.69) is 15.3 Å². The molecule has 0 saturated carbocycles. The number of aromatic amines is 2. The topological polar surface area (TPSA) is 107 Å². The number of carbonyl (C=O) groups is 3. The Morgan fingerprint density at radius 1 is 0.881 bits per heavy atom. The lowest BCUT2D eigenvalue weighted by Gasteiger charge is -2.18. The zero-order valence-electron chi connectivity index (χ0n) is 22.5. The van der Waals surface area contributed by atoms with Crippen molar-refractivity contribution in [3.8, 4) is 5.75 Å². The highest BCUT2D eigenvalue weighted by molar-refractivity contribution is 6.19. The van der Waals surface area contributed by atoms with E-state index in [1.807, 2.05) is 66.7 Å². The van der Waals surface area contributed by atoms with Gasteiger partial charge in [0.25, 0.3) is 11.8 Å². The molecule has 0 saturated heterocycles. The fourth-order valence-electron chi connectivity index (χ4n) is 5.84. The smallest absolute Gasteiger partial charge is 0.308 e. The molecule has 2 amide bonds. The van der Waals surface area contributed by atoms with E-state index in [-0.39, 0.29) is 17.7 Å². The molecule has 1 aliphatic heterocycles. The molecule has 0 unspecified atom stereocenters. The maximum Gasteiger partial charge on any atom is 0.308 e. The lowest BCUT2D eigenvalue weighted by Crippen LogP contribution is -2.30. The predicted molar refractivity (Wildman–Crippen MR) is 165 cm³/mol. The first kappa shape index (κ1) is 25.9. The van der Waals surface area contributed by atoms with Crippen molar-refractivity contribution < 1.29 is 19.1 Å². The minimum atomic E-state index is -0.437. The van der Waals surface area contributed by atoms with Crippen molar-refractivity contribution >= 4 is 73.3 Å². The molecule has 7 rings (SSSR count). The van der Waals surface area contributed by atoms with Gasteiger partial charge in [-0.05, 0) is 47.3 Å². The largest absolute Gasteiger partial charge is 0.426 e. The second-order valence-electron chi connectivity index (χ2n) is 10.4. The summed E-state index contributed by atoms with van der Waals surface area (Å²) in [5, 5.41) is 6.37. The molecule has 0 bridgehead atoms. The van der Waals surface area contributed by atoms with Crippen molar-refractivity contribution in [1.29, 1.82) is 0 Å². The fourth-order valence-corrected chi connectivity index (χ4v) is 6.09. The van der Waals surface area contributed by atoms with E-state index in [0.29, 0.717) is 40.9 Å². The Labute approximate surface area is 245 Å². The summed E-state index contributed by atoms with van der Waals surface area (Å²) in [4.78, 5) is 46.8. The standard InChI is InChI=1S/C33H25ClN4O4/c1-18(39)42-30-15-29-31(24-8-4-3-7-23(24)30)21(16-34)17-38(29)33(41)28-14-20-12-22(10-11-26(20)37-28)35-32(40)27-13-19-6-2-5-9-25(19)36-27/h2-15,21,36-37H,16-17H2,1H3,(H,35,40)/t21-/m1/s1. The monoisotopic (exact) mass is 576 g/mol. The highest BCUT2D eigenvalue weighted by Gasteiger charge is 2.35. The lowest BCUT2D eigenvalue weighted by molar-refractivity contribution is -0.131. The van der Waals surface area contributed by atoms with Crippen LogP contribution in [0.4, 0.5) is 11.4 Å². The van der Waals surface area contributed by atoms with Gasteiger partial charge in [-0.15, -0.1) is 11.6 Å². The Kier molecular flexibility index (Phi) is 6.21. The van der Waals surface area contributed by atoms with Crippen LogP contribution in [-0.4, -0.2) is 40.2 Å². The van der Waals surface area contributed by atoms with Gasteiger partial charge in [0, 0.05) is 64.2 Å². The Balaban J connectivity index is 1.20. The molecule has 42 heavy (non-hydrogen) atoms. The van der Waals surface area contributed by atoms with Crippen molar-refractivity contribution in [2.45, 2.75) is 12.8 Å². The van der Waals surface area contributed by atoms with Crippen LogP contribution in [0.5, 0.6) is 5.75 Å². The summed E-state index contributed by atoms with van der Waals surface area (Å²) < 4.78 is 5.54. The number of nitrogens with zero attached hydrogens (tertiary/aromatic N) is 1. The molecule has 0 aliphatic carbocycles. The quantitative estimate of drug-likeness (QED) is 0.117. The number of hydrogen-bond donors (Lipinski definition) is 3. The summed E-state index contributed by atoms with van der Waals surface area (Å²) in [5.41, 5.74) is 4.74. The van der Waals surface area contributed by atoms with Crippen LogP contribution in [-0.2, 0) is 4.79 Å². The summed E-state index contributed by atoms with van der Waals surface area (Å²) in [6.07, 6.45) is 0. The van der Waals surface area contributed by atoms with Gasteiger partial charge in [-0.2, -0.15) is 0 Å². The first-order valence-corrected chi connectivity index (χ1v) is 14.1. The molecule has 1 atom stereocenters. The molecular formula is C33H25ClN4O4. The Morgan fingerprint density at radius 2 is 1.60 bits per heavy atom. The SMILES string of the molecule is CC(=O)Oc1cc2c(c3ccccc13)[C@H](CCl)CN2C(=O)c1cc2cc(NC(=O)c3cc4ccccc4[nH]3)ccc2[nH]1. The molecule has 208 valence electrons. The van der Waals surface area contributed by atoms with Crippen LogP contribution in [0.1, 0.15) is 39.4 Å². The van der Waals surface area contributed by atoms with Crippen LogP contribution in [0.15, 0.2) is 84.9 Å². The number of ether oxygens (including phenoxy) is 1. The molecule has 9 heteroatoms. The number of rotatable bonds is 5. The third kappa shape index (κ3) is 4.37. The Morgan fingerprint density at radius 3 is 2.38 bits per heavy atom. The fraction of sp³-hybridized carbons (Fsp3) is 0.121. The number of anilines is 2. The van der Waals surface area contributed by atoms with E-state index >= 15 is 0 Å². The van der Waals surface area contributed by atoms with Crippen molar-refractivity contribution in [3.05, 3.63) is 102 Å². The minimum Gasteiger partial charge on any atom is -0.426 e. The highest BCUT2D eigenvalue weighted by Crippen LogP contribution is 2.46. The summed E-state index contributed by atoms with van der Waals surface area (Å²) in [7, 11) is 0. The Bertz CT molecular complexity index is 2030. The summed E-state index contributed by atoms with van der Waals surface area (Å²) in [5.74, 6) is -0.274. The summed E-state index contributed by atoms with van der Waals surface area (Å²) >= 11 is 6.40. The molecule has 8 nitrogen and oxygen atoms in total. The van der Waals surface area contributed by atoms with Gasteiger partial charge in [0.05, 0.1) is 5.69 Å². The average Bonchev–Trinajstić information content (AvgIpc) is 3.71. The number of hydrogen-bond acceptors (Lipinski definition) is 4. The van der Waals surface area contributed by atoms with E-state index in [1.165, 1.54) is 6.92 Å². The van der Waals surface area contributed by atoms with Crippen LogP contribution in [0, 0.1) is 0 Å². The molecule has 4 aromatic carbocycles. The third-order valence-corrected chi connectivity index (χ3v) is 8.07. The maximum atomic E-state index is 13.9. The van der Waals surface area contributed by atoms with E-state index < -0.39 is 5.97 Å². The molecule has 3 N–H and O–H groups in total. The van der Waals surface area contributed by atoms with Gasteiger partial charge in [-0.1, -0.05) is 42.5 Å². The lowest BCUT2D eigenvalue weighted by atomic mass is 9.95. The van der Waals surface area contributed by atoms with Gasteiger partial charge in [0.2, 0.25) is 0 Å². The molecule has 2 aromatic heterocycles. The zero-order chi connectivity index (χ0) is 29.0. The van der Waals surface area contributed by atoms with Crippen molar-refractivity contribution in [1.82, 2.24) is 9.97 Å². The second kappa shape index (κ2) is 10.1.